The molecule has 0 fully saturated rings. The normalized spacial score (nSPS) is 14.3. The van der Waals surface area contributed by atoms with Crippen LogP contribution in [0.2, 0.25) is 0 Å². The van der Waals surface area contributed by atoms with Crippen molar-refractivity contribution in [2.24, 2.45) is 11.8 Å². The molecule has 0 saturated carbocycles. The molecule has 2 unspecified atom stereocenters. The summed E-state index contributed by atoms with van der Waals surface area (Å²) in [7, 11) is 0. The van der Waals surface area contributed by atoms with Crippen molar-refractivity contribution in [3.05, 3.63) is 11.4 Å². The minimum atomic E-state index is 0.115. The van der Waals surface area contributed by atoms with Crippen molar-refractivity contribution >= 4 is 11.6 Å². The van der Waals surface area contributed by atoms with Gasteiger partial charge in [0.05, 0.1) is 0 Å². The first kappa shape index (κ1) is 15.7. The van der Waals surface area contributed by atoms with Gasteiger partial charge in [0.15, 0.2) is 0 Å². The van der Waals surface area contributed by atoms with Crippen molar-refractivity contribution in [3.8, 4) is 0 Å². The standard InChI is InChI=1S/C13H25N5O/c1-7(2)11-16-12(9(4)13(17-11)18-14)15-10(5)8(3)6-19/h7-8,10,19H,6,14H2,1-5H3,(H2,15,16,17,18). The molecule has 0 aliphatic carbocycles. The van der Waals surface area contributed by atoms with Gasteiger partial charge in [-0.2, -0.15) is 0 Å². The summed E-state index contributed by atoms with van der Waals surface area (Å²) in [6.45, 7) is 10.1. The van der Waals surface area contributed by atoms with Gasteiger partial charge < -0.3 is 15.8 Å². The average molecular weight is 267 g/mol. The van der Waals surface area contributed by atoms with Crippen molar-refractivity contribution in [3.63, 3.8) is 0 Å². The highest BCUT2D eigenvalue weighted by atomic mass is 16.3. The monoisotopic (exact) mass is 267 g/mol. The lowest BCUT2D eigenvalue weighted by Gasteiger charge is -2.22. The lowest BCUT2D eigenvalue weighted by atomic mass is 10.1. The molecular weight excluding hydrogens is 242 g/mol. The molecule has 1 rings (SSSR count). The molecule has 0 radical (unpaired) electrons. The summed E-state index contributed by atoms with van der Waals surface area (Å²) in [4.78, 5) is 8.92. The van der Waals surface area contributed by atoms with Crippen LogP contribution in [0.3, 0.4) is 0 Å². The van der Waals surface area contributed by atoms with Crippen LogP contribution in [0.15, 0.2) is 0 Å². The van der Waals surface area contributed by atoms with Crippen LogP contribution < -0.4 is 16.6 Å². The van der Waals surface area contributed by atoms with E-state index in [0.29, 0.717) is 5.82 Å². The number of nitrogens with two attached hydrogens (primary N) is 1. The molecule has 5 N–H and O–H groups in total. The zero-order valence-corrected chi connectivity index (χ0v) is 12.4. The Morgan fingerprint density at radius 2 is 1.74 bits per heavy atom. The first-order chi connectivity index (χ1) is 8.90. The second-order valence-electron chi connectivity index (χ2n) is 5.30. The predicted molar refractivity (Wildman–Crippen MR) is 78.0 cm³/mol. The third-order valence-corrected chi connectivity index (χ3v) is 3.32. The summed E-state index contributed by atoms with van der Waals surface area (Å²) in [5.74, 6) is 8.00. The maximum absolute atomic E-state index is 9.19. The average Bonchev–Trinajstić information content (AvgIpc) is 2.39. The summed E-state index contributed by atoms with van der Waals surface area (Å²) < 4.78 is 0. The molecule has 0 aliphatic heterocycles. The molecule has 1 heterocycles. The van der Waals surface area contributed by atoms with E-state index in [1.807, 2.05) is 34.6 Å². The SMILES string of the molecule is Cc1c(NN)nc(C(C)C)nc1NC(C)C(C)CO. The fourth-order valence-electron chi connectivity index (χ4n) is 1.59. The highest BCUT2D eigenvalue weighted by molar-refractivity contribution is 5.57. The van der Waals surface area contributed by atoms with Gasteiger partial charge in [-0.15, -0.1) is 0 Å². The fraction of sp³-hybridized carbons (Fsp3) is 0.692. The topological polar surface area (TPSA) is 96.1 Å². The number of nitrogens with zero attached hydrogens (tertiary/aromatic N) is 2. The molecule has 6 nitrogen and oxygen atoms in total. The molecule has 0 bridgehead atoms. The number of nitrogens with one attached hydrogen (secondary N) is 2. The van der Waals surface area contributed by atoms with Crippen LogP contribution in [0.5, 0.6) is 0 Å². The molecule has 0 spiro atoms. The zero-order chi connectivity index (χ0) is 14.6. The van der Waals surface area contributed by atoms with E-state index in [4.69, 9.17) is 5.84 Å². The third kappa shape index (κ3) is 3.78. The van der Waals surface area contributed by atoms with Crippen molar-refractivity contribution in [1.29, 1.82) is 0 Å². The molecule has 6 heteroatoms. The van der Waals surface area contributed by atoms with Gasteiger partial charge >= 0.3 is 0 Å². The maximum atomic E-state index is 9.19. The Labute approximate surface area is 114 Å². The number of rotatable bonds is 6. The summed E-state index contributed by atoms with van der Waals surface area (Å²) >= 11 is 0. The minimum Gasteiger partial charge on any atom is -0.396 e. The van der Waals surface area contributed by atoms with Crippen LogP contribution in [-0.2, 0) is 0 Å². The molecule has 0 aromatic carbocycles. The van der Waals surface area contributed by atoms with Gasteiger partial charge in [0.2, 0.25) is 0 Å². The summed E-state index contributed by atoms with van der Waals surface area (Å²) in [6.07, 6.45) is 0. The Hall–Kier alpha value is -1.40. The zero-order valence-electron chi connectivity index (χ0n) is 12.4. The molecular formula is C13H25N5O. The van der Waals surface area contributed by atoms with Crippen LogP contribution in [0.25, 0.3) is 0 Å². The molecule has 19 heavy (non-hydrogen) atoms. The number of nitrogen functional groups attached to an aromatic ring is 1. The Kier molecular flexibility index (Phi) is 5.50. The highest BCUT2D eigenvalue weighted by Gasteiger charge is 2.16. The molecule has 0 aliphatic rings. The van der Waals surface area contributed by atoms with Crippen LogP contribution in [0, 0.1) is 12.8 Å². The number of aliphatic hydroxyl groups is 1. The molecule has 2 atom stereocenters. The first-order valence-corrected chi connectivity index (χ1v) is 6.63. The van der Waals surface area contributed by atoms with Gasteiger partial charge in [-0.3, -0.25) is 0 Å². The Morgan fingerprint density at radius 3 is 2.21 bits per heavy atom. The molecule has 0 amide bonds. The van der Waals surface area contributed by atoms with E-state index >= 15 is 0 Å². The smallest absolute Gasteiger partial charge is 0.148 e. The number of aromatic nitrogens is 2. The summed E-state index contributed by atoms with van der Waals surface area (Å²) in [5.41, 5.74) is 3.49. The predicted octanol–water partition coefficient (Wildman–Crippen LogP) is 1.62. The van der Waals surface area contributed by atoms with Crippen LogP contribution in [-0.4, -0.2) is 27.7 Å². The second kappa shape index (κ2) is 6.68. The summed E-state index contributed by atoms with van der Waals surface area (Å²) in [6, 6.07) is 0.115. The molecule has 0 saturated heterocycles. The largest absolute Gasteiger partial charge is 0.396 e. The van der Waals surface area contributed by atoms with E-state index in [1.54, 1.807) is 0 Å². The number of aliphatic hydroxyl groups excluding tert-OH is 1. The number of hydrogen-bond acceptors (Lipinski definition) is 6. The lowest BCUT2D eigenvalue weighted by Crippen LogP contribution is -2.28. The van der Waals surface area contributed by atoms with E-state index in [1.165, 1.54) is 0 Å². The van der Waals surface area contributed by atoms with Crippen LogP contribution in [0.1, 0.15) is 45.0 Å². The summed E-state index contributed by atoms with van der Waals surface area (Å²) in [5, 5.41) is 12.5. The Morgan fingerprint density at radius 1 is 1.16 bits per heavy atom. The van der Waals surface area contributed by atoms with E-state index in [2.05, 4.69) is 20.7 Å². The number of anilines is 2. The highest BCUT2D eigenvalue weighted by Crippen LogP contribution is 2.23. The first-order valence-electron chi connectivity index (χ1n) is 6.63. The maximum Gasteiger partial charge on any atom is 0.148 e. The van der Waals surface area contributed by atoms with Crippen molar-refractivity contribution < 1.29 is 5.11 Å². The fourth-order valence-corrected chi connectivity index (χ4v) is 1.59. The second-order valence-corrected chi connectivity index (χ2v) is 5.30. The van der Waals surface area contributed by atoms with E-state index < -0.39 is 0 Å². The van der Waals surface area contributed by atoms with E-state index in [0.717, 1.165) is 17.2 Å². The quantitative estimate of drug-likeness (QED) is 0.462. The van der Waals surface area contributed by atoms with Crippen molar-refractivity contribution in [2.45, 2.75) is 46.6 Å². The van der Waals surface area contributed by atoms with E-state index in [-0.39, 0.29) is 24.5 Å². The van der Waals surface area contributed by atoms with Crippen molar-refractivity contribution in [2.75, 3.05) is 17.3 Å². The lowest BCUT2D eigenvalue weighted by molar-refractivity contribution is 0.226. The number of hydrogen-bond donors (Lipinski definition) is 4. The van der Waals surface area contributed by atoms with Gasteiger partial charge in [0.1, 0.15) is 17.5 Å². The van der Waals surface area contributed by atoms with Gasteiger partial charge in [-0.05, 0) is 19.8 Å². The van der Waals surface area contributed by atoms with Gasteiger partial charge in [0, 0.05) is 24.1 Å². The van der Waals surface area contributed by atoms with Gasteiger partial charge in [-0.25, -0.2) is 15.8 Å². The molecule has 1 aromatic heterocycles. The minimum absolute atomic E-state index is 0.115. The van der Waals surface area contributed by atoms with Crippen LogP contribution >= 0.6 is 0 Å². The Balaban J connectivity index is 3.08. The van der Waals surface area contributed by atoms with E-state index in [9.17, 15) is 5.11 Å². The molecule has 1 aromatic rings. The van der Waals surface area contributed by atoms with Gasteiger partial charge in [-0.1, -0.05) is 20.8 Å². The van der Waals surface area contributed by atoms with Crippen molar-refractivity contribution in [1.82, 2.24) is 9.97 Å². The van der Waals surface area contributed by atoms with Crippen LogP contribution in [0.4, 0.5) is 11.6 Å². The Bertz CT molecular complexity index is 422. The number of hydrazine groups is 1. The van der Waals surface area contributed by atoms with Gasteiger partial charge in [0.25, 0.3) is 0 Å². The third-order valence-electron chi connectivity index (χ3n) is 3.32. The molecule has 108 valence electrons.